The molecular weight excluding hydrogens is 352 g/mol. The third-order valence-corrected chi connectivity index (χ3v) is 4.20. The fourth-order valence-corrected chi connectivity index (χ4v) is 2.77. The van der Waals surface area contributed by atoms with Gasteiger partial charge in [0.05, 0.1) is 6.61 Å². The van der Waals surface area contributed by atoms with Crippen LogP contribution >= 0.6 is 0 Å². The Kier molecular flexibility index (Phi) is 6.70. The second kappa shape index (κ2) is 9.62. The fourth-order valence-electron chi connectivity index (χ4n) is 2.77. The molecule has 2 aromatic carbocycles. The van der Waals surface area contributed by atoms with E-state index in [0.29, 0.717) is 37.0 Å². The van der Waals surface area contributed by atoms with Gasteiger partial charge in [-0.15, -0.1) is 0 Å². The third kappa shape index (κ3) is 5.14. The molecule has 1 heterocycles. The van der Waals surface area contributed by atoms with Gasteiger partial charge in [0.25, 0.3) is 5.91 Å². The molecule has 3 rings (SSSR count). The normalized spacial score (nSPS) is 10.5. The number of anilines is 1. The fraction of sp³-hybridized carbons (Fsp3) is 0.227. The first-order valence-corrected chi connectivity index (χ1v) is 9.14. The Morgan fingerprint density at radius 2 is 1.71 bits per heavy atom. The maximum atomic E-state index is 13.0. The smallest absolute Gasteiger partial charge is 0.272 e. The van der Waals surface area contributed by atoms with Crippen molar-refractivity contribution >= 4 is 11.7 Å². The summed E-state index contributed by atoms with van der Waals surface area (Å²) in [4.78, 5) is 23.7. The van der Waals surface area contributed by atoms with Gasteiger partial charge in [-0.05, 0) is 5.56 Å². The van der Waals surface area contributed by atoms with Crippen LogP contribution in [0.25, 0.3) is 11.4 Å². The summed E-state index contributed by atoms with van der Waals surface area (Å²) in [5.74, 6) is 0.958. The van der Waals surface area contributed by atoms with E-state index in [1.807, 2.05) is 60.7 Å². The topological polar surface area (TPSA) is 67.3 Å². The van der Waals surface area contributed by atoms with Crippen LogP contribution in [0.4, 0.5) is 5.82 Å². The van der Waals surface area contributed by atoms with Crippen molar-refractivity contribution in [3.05, 3.63) is 78.0 Å². The first kappa shape index (κ1) is 19.5. The Bertz CT molecular complexity index is 901. The number of carbonyl (C=O) groups is 1. The molecule has 0 aliphatic rings. The van der Waals surface area contributed by atoms with Gasteiger partial charge in [0.2, 0.25) is 0 Å². The summed E-state index contributed by atoms with van der Waals surface area (Å²) in [6.45, 7) is 1.65. The number of carbonyl (C=O) groups excluding carboxylic acids is 1. The monoisotopic (exact) mass is 376 g/mol. The second-order valence-corrected chi connectivity index (χ2v) is 6.39. The number of nitrogens with zero attached hydrogens (tertiary/aromatic N) is 3. The largest absolute Gasteiger partial charge is 0.383 e. The molecule has 3 aromatic rings. The molecule has 0 saturated carbocycles. The molecule has 0 radical (unpaired) electrons. The van der Waals surface area contributed by atoms with Crippen molar-refractivity contribution in [3.8, 4) is 11.4 Å². The van der Waals surface area contributed by atoms with Gasteiger partial charge in [-0.3, -0.25) is 4.79 Å². The number of methoxy groups -OCH3 is 1. The Labute approximate surface area is 165 Å². The van der Waals surface area contributed by atoms with E-state index >= 15 is 0 Å². The maximum absolute atomic E-state index is 13.0. The van der Waals surface area contributed by atoms with Gasteiger partial charge in [-0.25, -0.2) is 9.97 Å². The number of ether oxygens (including phenoxy) is 1. The van der Waals surface area contributed by atoms with Crippen molar-refractivity contribution in [2.45, 2.75) is 6.54 Å². The molecule has 0 fully saturated rings. The summed E-state index contributed by atoms with van der Waals surface area (Å²) < 4.78 is 5.08. The quantitative estimate of drug-likeness (QED) is 0.610. The van der Waals surface area contributed by atoms with Crippen LogP contribution in [0.5, 0.6) is 0 Å². The van der Waals surface area contributed by atoms with Crippen molar-refractivity contribution in [1.82, 2.24) is 14.9 Å². The number of hydrogen-bond acceptors (Lipinski definition) is 5. The minimum absolute atomic E-state index is 0.154. The average molecular weight is 376 g/mol. The zero-order chi connectivity index (χ0) is 19.8. The van der Waals surface area contributed by atoms with Gasteiger partial charge in [0.1, 0.15) is 11.5 Å². The lowest BCUT2D eigenvalue weighted by molar-refractivity contribution is 0.0779. The summed E-state index contributed by atoms with van der Waals surface area (Å²) >= 11 is 0. The van der Waals surface area contributed by atoms with Gasteiger partial charge in [0, 0.05) is 38.9 Å². The van der Waals surface area contributed by atoms with Crippen molar-refractivity contribution < 1.29 is 9.53 Å². The van der Waals surface area contributed by atoms with Crippen LogP contribution in [0.1, 0.15) is 16.1 Å². The molecule has 0 atom stereocenters. The zero-order valence-electron chi connectivity index (χ0n) is 16.1. The highest BCUT2D eigenvalue weighted by molar-refractivity contribution is 5.93. The van der Waals surface area contributed by atoms with Gasteiger partial charge in [0.15, 0.2) is 5.82 Å². The Morgan fingerprint density at radius 1 is 1.04 bits per heavy atom. The molecule has 0 unspecified atom stereocenters. The average Bonchev–Trinajstić information content (AvgIpc) is 2.74. The van der Waals surface area contributed by atoms with E-state index in [1.54, 1.807) is 25.1 Å². The summed E-state index contributed by atoms with van der Waals surface area (Å²) in [5, 5.41) is 3.19. The molecule has 0 spiro atoms. The third-order valence-electron chi connectivity index (χ3n) is 4.20. The van der Waals surface area contributed by atoms with E-state index in [4.69, 9.17) is 4.74 Å². The zero-order valence-corrected chi connectivity index (χ0v) is 16.1. The standard InChI is InChI=1S/C22H24N4O2/c1-26(16-17-9-5-3-6-10-17)22(27)19-15-20(23-13-14-28-2)25-21(24-19)18-11-7-4-8-12-18/h3-12,15H,13-14,16H2,1-2H3,(H,23,24,25). The highest BCUT2D eigenvalue weighted by Gasteiger charge is 2.17. The van der Waals surface area contributed by atoms with E-state index in [2.05, 4.69) is 15.3 Å². The van der Waals surface area contributed by atoms with Crippen LogP contribution in [0.2, 0.25) is 0 Å². The Hall–Kier alpha value is -3.25. The number of rotatable bonds is 8. The minimum atomic E-state index is -0.154. The molecule has 0 aliphatic carbocycles. The highest BCUT2D eigenvalue weighted by atomic mass is 16.5. The maximum Gasteiger partial charge on any atom is 0.272 e. The SMILES string of the molecule is COCCNc1cc(C(=O)N(C)Cc2ccccc2)nc(-c2ccccc2)n1. The Morgan fingerprint density at radius 3 is 2.39 bits per heavy atom. The van der Waals surface area contributed by atoms with Crippen molar-refractivity contribution in [2.24, 2.45) is 0 Å². The molecule has 1 amide bonds. The number of nitrogens with one attached hydrogen (secondary N) is 1. The van der Waals surface area contributed by atoms with Crippen LogP contribution in [-0.4, -0.2) is 48.1 Å². The van der Waals surface area contributed by atoms with Crippen LogP contribution in [0, 0.1) is 0 Å². The predicted molar refractivity (Wildman–Crippen MR) is 110 cm³/mol. The van der Waals surface area contributed by atoms with Crippen LogP contribution in [0.15, 0.2) is 66.7 Å². The molecule has 0 bridgehead atoms. The lowest BCUT2D eigenvalue weighted by atomic mass is 10.2. The van der Waals surface area contributed by atoms with E-state index in [1.165, 1.54) is 0 Å². The van der Waals surface area contributed by atoms with E-state index in [9.17, 15) is 4.79 Å². The molecule has 28 heavy (non-hydrogen) atoms. The number of amides is 1. The first-order chi connectivity index (χ1) is 13.7. The number of hydrogen-bond donors (Lipinski definition) is 1. The van der Waals surface area contributed by atoms with Gasteiger partial charge in [-0.2, -0.15) is 0 Å². The lowest BCUT2D eigenvalue weighted by Crippen LogP contribution is -2.27. The molecule has 0 saturated heterocycles. The van der Waals surface area contributed by atoms with Gasteiger partial charge in [-0.1, -0.05) is 60.7 Å². The van der Waals surface area contributed by atoms with E-state index in [0.717, 1.165) is 11.1 Å². The second-order valence-electron chi connectivity index (χ2n) is 6.39. The van der Waals surface area contributed by atoms with Crippen molar-refractivity contribution in [1.29, 1.82) is 0 Å². The molecular formula is C22H24N4O2. The molecule has 0 aliphatic heterocycles. The molecule has 144 valence electrons. The lowest BCUT2D eigenvalue weighted by Gasteiger charge is -2.18. The van der Waals surface area contributed by atoms with Crippen LogP contribution in [0.3, 0.4) is 0 Å². The molecule has 1 N–H and O–H groups in total. The number of benzene rings is 2. The highest BCUT2D eigenvalue weighted by Crippen LogP contribution is 2.19. The van der Waals surface area contributed by atoms with Crippen molar-refractivity contribution in [3.63, 3.8) is 0 Å². The predicted octanol–water partition coefficient (Wildman–Crippen LogP) is 3.47. The molecule has 1 aromatic heterocycles. The Balaban J connectivity index is 1.87. The first-order valence-electron chi connectivity index (χ1n) is 9.14. The minimum Gasteiger partial charge on any atom is -0.383 e. The van der Waals surface area contributed by atoms with Gasteiger partial charge < -0.3 is 15.0 Å². The van der Waals surface area contributed by atoms with Crippen molar-refractivity contribution in [2.75, 3.05) is 32.6 Å². The van der Waals surface area contributed by atoms with Crippen LogP contribution < -0.4 is 5.32 Å². The van der Waals surface area contributed by atoms with E-state index in [-0.39, 0.29) is 5.91 Å². The molecule has 6 nitrogen and oxygen atoms in total. The molecule has 6 heteroatoms. The van der Waals surface area contributed by atoms with Gasteiger partial charge >= 0.3 is 0 Å². The summed E-state index contributed by atoms with van der Waals surface area (Å²) in [6, 6.07) is 21.2. The summed E-state index contributed by atoms with van der Waals surface area (Å²) in [5.41, 5.74) is 2.28. The summed E-state index contributed by atoms with van der Waals surface area (Å²) in [6.07, 6.45) is 0. The number of aromatic nitrogens is 2. The van der Waals surface area contributed by atoms with E-state index < -0.39 is 0 Å². The van der Waals surface area contributed by atoms with Crippen LogP contribution in [-0.2, 0) is 11.3 Å². The summed E-state index contributed by atoms with van der Waals surface area (Å²) in [7, 11) is 3.42.